The number of hydrogen-bond donors (Lipinski definition) is 0. The van der Waals surface area contributed by atoms with Gasteiger partial charge in [-0.05, 0) is 29.3 Å². The first-order valence-corrected chi connectivity index (χ1v) is 10.7. The van der Waals surface area contributed by atoms with Crippen LogP contribution in [0.5, 0.6) is 5.75 Å². The lowest BCUT2D eigenvalue weighted by Crippen LogP contribution is -2.50. The van der Waals surface area contributed by atoms with E-state index in [1.807, 2.05) is 42.5 Å². The summed E-state index contributed by atoms with van der Waals surface area (Å²) in [7, 11) is -1.78. The lowest BCUT2D eigenvalue weighted by atomic mass is 10.2. The third kappa shape index (κ3) is 5.21. The number of nitrogens with zero attached hydrogens (tertiary/aromatic N) is 2. The number of carbonyl (C=O) groups excluding carboxylic acids is 1. The molecule has 0 aliphatic carbocycles. The Morgan fingerprint density at radius 3 is 2.25 bits per heavy atom. The van der Waals surface area contributed by atoms with Crippen molar-refractivity contribution in [1.29, 1.82) is 0 Å². The van der Waals surface area contributed by atoms with Crippen LogP contribution in [-0.2, 0) is 20.6 Å². The highest BCUT2D eigenvalue weighted by atomic mass is 32.2. The maximum atomic E-state index is 12.6. The Morgan fingerprint density at radius 2 is 1.64 bits per heavy atom. The fraction of sp³-hybridized carbons (Fsp3) is 0.286. The molecule has 0 bridgehead atoms. The zero-order valence-corrected chi connectivity index (χ0v) is 16.6. The normalized spacial score (nSPS) is 15.7. The van der Waals surface area contributed by atoms with Gasteiger partial charge >= 0.3 is 0 Å². The van der Waals surface area contributed by atoms with Crippen molar-refractivity contribution in [1.82, 2.24) is 9.21 Å². The molecule has 0 saturated carbocycles. The quantitative estimate of drug-likeness (QED) is 0.699. The predicted molar refractivity (Wildman–Crippen MR) is 109 cm³/mol. The van der Waals surface area contributed by atoms with Crippen molar-refractivity contribution in [2.75, 3.05) is 33.3 Å². The van der Waals surface area contributed by atoms with E-state index in [0.29, 0.717) is 26.2 Å². The first-order valence-electron chi connectivity index (χ1n) is 9.11. The predicted octanol–water partition coefficient (Wildman–Crippen LogP) is 2.38. The summed E-state index contributed by atoms with van der Waals surface area (Å²) in [5.74, 6) is 0.631. The molecule has 28 heavy (non-hydrogen) atoms. The molecule has 148 valence electrons. The van der Waals surface area contributed by atoms with Gasteiger partial charge < -0.3 is 9.64 Å². The Balaban J connectivity index is 1.54. The van der Waals surface area contributed by atoms with Crippen LogP contribution in [0.3, 0.4) is 0 Å². The molecule has 0 aromatic heterocycles. The second-order valence-electron chi connectivity index (χ2n) is 6.57. The van der Waals surface area contributed by atoms with Crippen LogP contribution in [0.2, 0.25) is 0 Å². The Morgan fingerprint density at radius 1 is 1.00 bits per heavy atom. The van der Waals surface area contributed by atoms with Gasteiger partial charge in [-0.25, -0.2) is 8.42 Å². The molecule has 0 N–H and O–H groups in total. The van der Waals surface area contributed by atoms with Crippen LogP contribution >= 0.6 is 0 Å². The van der Waals surface area contributed by atoms with E-state index < -0.39 is 10.0 Å². The van der Waals surface area contributed by atoms with E-state index in [2.05, 4.69) is 0 Å². The number of benzene rings is 2. The average molecular weight is 401 g/mol. The summed E-state index contributed by atoms with van der Waals surface area (Å²) in [6.45, 7) is 1.41. The number of hydrogen-bond acceptors (Lipinski definition) is 4. The molecule has 1 amide bonds. The van der Waals surface area contributed by atoms with Crippen LogP contribution < -0.4 is 4.74 Å². The summed E-state index contributed by atoms with van der Waals surface area (Å²) in [6, 6.07) is 16.5. The van der Waals surface area contributed by atoms with E-state index >= 15 is 0 Å². The first-order chi connectivity index (χ1) is 13.5. The van der Waals surface area contributed by atoms with Gasteiger partial charge in [0.2, 0.25) is 15.9 Å². The lowest BCUT2D eigenvalue weighted by molar-refractivity contribution is -0.127. The monoisotopic (exact) mass is 400 g/mol. The topological polar surface area (TPSA) is 66.9 Å². The van der Waals surface area contributed by atoms with Crippen molar-refractivity contribution < 1.29 is 17.9 Å². The Labute approximate surface area is 166 Å². The molecule has 2 aromatic carbocycles. The van der Waals surface area contributed by atoms with Gasteiger partial charge in [0.05, 0.1) is 12.9 Å². The summed E-state index contributed by atoms with van der Waals surface area (Å²) in [4.78, 5) is 14.1. The number of ether oxygens (including phenoxy) is 1. The van der Waals surface area contributed by atoms with Gasteiger partial charge in [-0.15, -0.1) is 0 Å². The van der Waals surface area contributed by atoms with Gasteiger partial charge in [0.25, 0.3) is 0 Å². The summed E-state index contributed by atoms with van der Waals surface area (Å²) in [5, 5.41) is 0. The number of piperazine rings is 1. The second kappa shape index (κ2) is 9.03. The fourth-order valence-corrected chi connectivity index (χ4v) is 4.57. The summed E-state index contributed by atoms with van der Waals surface area (Å²) < 4.78 is 31.8. The minimum Gasteiger partial charge on any atom is -0.497 e. The van der Waals surface area contributed by atoms with Crippen molar-refractivity contribution in [3.8, 4) is 5.75 Å². The van der Waals surface area contributed by atoms with Gasteiger partial charge in [-0.2, -0.15) is 4.31 Å². The van der Waals surface area contributed by atoms with Crippen molar-refractivity contribution in [3.63, 3.8) is 0 Å². The molecule has 1 aliphatic heterocycles. The number of sulfonamides is 1. The third-order valence-corrected chi connectivity index (χ3v) is 6.52. The SMILES string of the molecule is COc1ccc(/C=C/C(=O)N2CCN(S(=O)(=O)Cc3ccccc3)CC2)cc1. The maximum Gasteiger partial charge on any atom is 0.246 e. The lowest BCUT2D eigenvalue weighted by Gasteiger charge is -2.33. The largest absolute Gasteiger partial charge is 0.497 e. The van der Waals surface area contributed by atoms with Crippen LogP contribution in [0.4, 0.5) is 0 Å². The van der Waals surface area contributed by atoms with Gasteiger partial charge in [-0.3, -0.25) is 4.79 Å². The highest BCUT2D eigenvalue weighted by molar-refractivity contribution is 7.88. The third-order valence-electron chi connectivity index (χ3n) is 4.67. The highest BCUT2D eigenvalue weighted by Crippen LogP contribution is 2.15. The minimum absolute atomic E-state index is 0.0147. The van der Waals surface area contributed by atoms with Crippen LogP contribution in [0.1, 0.15) is 11.1 Å². The van der Waals surface area contributed by atoms with Crippen LogP contribution in [0.15, 0.2) is 60.7 Å². The molecule has 1 heterocycles. The summed E-state index contributed by atoms with van der Waals surface area (Å²) >= 11 is 0. The molecule has 2 aromatic rings. The van der Waals surface area contributed by atoms with Gasteiger partial charge in [0.1, 0.15) is 5.75 Å². The van der Waals surface area contributed by atoms with E-state index in [-0.39, 0.29) is 11.7 Å². The Hall–Kier alpha value is -2.64. The smallest absolute Gasteiger partial charge is 0.246 e. The van der Waals surface area contributed by atoms with Crippen LogP contribution in [-0.4, -0.2) is 56.8 Å². The molecule has 1 fully saturated rings. The molecule has 6 nitrogen and oxygen atoms in total. The van der Waals surface area contributed by atoms with Crippen molar-refractivity contribution in [3.05, 3.63) is 71.8 Å². The zero-order valence-electron chi connectivity index (χ0n) is 15.8. The Kier molecular flexibility index (Phi) is 6.49. The first kappa shape index (κ1) is 20.1. The van der Waals surface area contributed by atoms with E-state index in [4.69, 9.17) is 4.74 Å². The van der Waals surface area contributed by atoms with Crippen molar-refractivity contribution in [2.45, 2.75) is 5.75 Å². The number of methoxy groups -OCH3 is 1. The molecule has 0 atom stereocenters. The molecule has 3 rings (SSSR count). The zero-order chi connectivity index (χ0) is 20.0. The summed E-state index contributed by atoms with van der Waals surface area (Å²) in [6.07, 6.45) is 3.27. The molecule has 1 aliphatic rings. The molecular weight excluding hydrogens is 376 g/mol. The van der Waals surface area contributed by atoms with Gasteiger partial charge in [0, 0.05) is 32.3 Å². The van der Waals surface area contributed by atoms with Crippen LogP contribution in [0, 0.1) is 0 Å². The summed E-state index contributed by atoms with van der Waals surface area (Å²) in [5.41, 5.74) is 1.67. The van der Waals surface area contributed by atoms with E-state index in [9.17, 15) is 13.2 Å². The molecular formula is C21H24N2O4S. The molecule has 0 radical (unpaired) electrons. The second-order valence-corrected chi connectivity index (χ2v) is 8.54. The van der Waals surface area contributed by atoms with Crippen LogP contribution in [0.25, 0.3) is 6.08 Å². The number of carbonyl (C=O) groups is 1. The van der Waals surface area contributed by atoms with E-state index in [1.165, 1.54) is 10.4 Å². The highest BCUT2D eigenvalue weighted by Gasteiger charge is 2.28. The molecule has 0 spiro atoms. The van der Waals surface area contributed by atoms with Crippen molar-refractivity contribution in [2.24, 2.45) is 0 Å². The molecule has 7 heteroatoms. The fourth-order valence-electron chi connectivity index (χ4n) is 3.05. The Bertz CT molecular complexity index is 917. The minimum atomic E-state index is -3.38. The van der Waals surface area contributed by atoms with Gasteiger partial charge in [0.15, 0.2) is 0 Å². The number of amides is 1. The van der Waals surface area contributed by atoms with Gasteiger partial charge in [-0.1, -0.05) is 42.5 Å². The maximum absolute atomic E-state index is 12.6. The van der Waals surface area contributed by atoms with Crippen molar-refractivity contribution >= 4 is 22.0 Å². The standard InChI is InChI=1S/C21H24N2O4S/c1-27-20-10-7-18(8-11-20)9-12-21(24)22-13-15-23(16-14-22)28(25,26)17-19-5-3-2-4-6-19/h2-12H,13-17H2,1H3/b12-9+. The van der Waals surface area contributed by atoms with E-state index in [1.54, 1.807) is 30.2 Å². The van der Waals surface area contributed by atoms with E-state index in [0.717, 1.165) is 16.9 Å². The molecule has 1 saturated heterocycles. The number of rotatable bonds is 6. The average Bonchev–Trinajstić information content (AvgIpc) is 2.73. The molecule has 0 unspecified atom stereocenters.